The quantitative estimate of drug-likeness (QED) is 0.503. The Morgan fingerprint density at radius 1 is 0.765 bits per heavy atom. The predicted molar refractivity (Wildman–Crippen MR) is 134 cm³/mol. The van der Waals surface area contributed by atoms with Gasteiger partial charge < -0.3 is 14.8 Å². The molecule has 0 unspecified atom stereocenters. The number of ether oxygens (including phenoxy) is 2. The van der Waals surface area contributed by atoms with E-state index in [1.54, 1.807) is 18.2 Å². The SMILES string of the molecule is COc1cc(OC)cc(N2C(=O)C(Nc3ccc(C(C)(C)C)cc3)=C(c3ccccc3)C2=O)c1. The number of amides is 2. The van der Waals surface area contributed by atoms with Crippen LogP contribution in [0.5, 0.6) is 11.5 Å². The maximum atomic E-state index is 13.6. The van der Waals surface area contributed by atoms with E-state index >= 15 is 0 Å². The molecule has 0 spiro atoms. The summed E-state index contributed by atoms with van der Waals surface area (Å²) in [5.74, 6) is 0.102. The normalized spacial score (nSPS) is 14.0. The van der Waals surface area contributed by atoms with Crippen LogP contribution in [0.2, 0.25) is 0 Å². The Morgan fingerprint density at radius 3 is 1.88 bits per heavy atom. The third-order valence-corrected chi connectivity index (χ3v) is 5.76. The van der Waals surface area contributed by atoms with Gasteiger partial charge in [-0.05, 0) is 28.7 Å². The number of nitrogens with zero attached hydrogens (tertiary/aromatic N) is 1. The molecular formula is C28H28N2O4. The maximum absolute atomic E-state index is 13.6. The number of benzene rings is 3. The first-order chi connectivity index (χ1) is 16.2. The molecule has 1 N–H and O–H groups in total. The Kier molecular flexibility index (Phi) is 6.16. The van der Waals surface area contributed by atoms with Gasteiger partial charge in [-0.2, -0.15) is 0 Å². The zero-order chi connectivity index (χ0) is 24.5. The molecule has 1 heterocycles. The van der Waals surface area contributed by atoms with E-state index in [1.807, 2.05) is 54.6 Å². The second-order valence-electron chi connectivity index (χ2n) is 9.08. The lowest BCUT2D eigenvalue weighted by Crippen LogP contribution is -2.32. The Bertz CT molecular complexity index is 1230. The highest BCUT2D eigenvalue weighted by atomic mass is 16.5. The molecule has 0 saturated heterocycles. The van der Waals surface area contributed by atoms with Crippen molar-refractivity contribution in [1.29, 1.82) is 0 Å². The van der Waals surface area contributed by atoms with Crippen molar-refractivity contribution in [2.24, 2.45) is 0 Å². The number of nitrogens with one attached hydrogen (secondary N) is 1. The van der Waals surface area contributed by atoms with Crippen molar-refractivity contribution in [2.75, 3.05) is 24.4 Å². The second kappa shape index (κ2) is 9.06. The van der Waals surface area contributed by atoms with Crippen molar-refractivity contribution in [3.8, 4) is 11.5 Å². The summed E-state index contributed by atoms with van der Waals surface area (Å²) in [4.78, 5) is 28.4. The van der Waals surface area contributed by atoms with Crippen molar-refractivity contribution in [3.63, 3.8) is 0 Å². The van der Waals surface area contributed by atoms with Crippen LogP contribution >= 0.6 is 0 Å². The first-order valence-electron chi connectivity index (χ1n) is 11.0. The van der Waals surface area contributed by atoms with Crippen molar-refractivity contribution in [3.05, 3.63) is 89.6 Å². The van der Waals surface area contributed by atoms with E-state index in [1.165, 1.54) is 19.8 Å². The number of rotatable bonds is 6. The molecular weight excluding hydrogens is 428 g/mol. The standard InChI is InChI=1S/C28H28N2O4/c1-28(2,3)19-11-13-20(14-12-19)29-25-24(18-9-7-6-8-10-18)26(31)30(27(25)32)21-15-22(33-4)17-23(16-21)34-5/h6-17,29H,1-5H3. The topological polar surface area (TPSA) is 67.9 Å². The highest BCUT2D eigenvalue weighted by Crippen LogP contribution is 2.37. The van der Waals surface area contributed by atoms with Gasteiger partial charge in [0.05, 0.1) is 25.5 Å². The average molecular weight is 457 g/mol. The lowest BCUT2D eigenvalue weighted by molar-refractivity contribution is -0.120. The Hall–Kier alpha value is -4.06. The van der Waals surface area contributed by atoms with Gasteiger partial charge in [0.2, 0.25) is 0 Å². The van der Waals surface area contributed by atoms with Crippen LogP contribution in [-0.2, 0) is 15.0 Å². The van der Waals surface area contributed by atoms with E-state index < -0.39 is 11.8 Å². The Morgan fingerprint density at radius 2 is 1.35 bits per heavy atom. The molecule has 0 aromatic heterocycles. The summed E-state index contributed by atoms with van der Waals surface area (Å²) in [5, 5.41) is 3.21. The number of hydrogen-bond acceptors (Lipinski definition) is 5. The second-order valence-corrected chi connectivity index (χ2v) is 9.08. The summed E-state index contributed by atoms with van der Waals surface area (Å²) in [6.07, 6.45) is 0. The number of methoxy groups -OCH3 is 2. The fourth-order valence-electron chi connectivity index (χ4n) is 3.87. The molecule has 0 radical (unpaired) electrons. The van der Waals surface area contributed by atoms with Gasteiger partial charge >= 0.3 is 0 Å². The number of imide groups is 1. The molecule has 3 aromatic rings. The lowest BCUT2D eigenvalue weighted by Gasteiger charge is -2.19. The summed E-state index contributed by atoms with van der Waals surface area (Å²) in [6.45, 7) is 6.43. The molecule has 0 bridgehead atoms. The lowest BCUT2D eigenvalue weighted by atomic mass is 9.87. The summed E-state index contributed by atoms with van der Waals surface area (Å²) in [6, 6.07) is 22.1. The van der Waals surface area contributed by atoms with Crippen LogP contribution < -0.4 is 19.7 Å². The number of hydrogen-bond donors (Lipinski definition) is 1. The molecule has 1 aliphatic rings. The van der Waals surface area contributed by atoms with Gasteiger partial charge in [-0.1, -0.05) is 63.2 Å². The van der Waals surface area contributed by atoms with Crippen LogP contribution in [0.15, 0.2) is 78.5 Å². The van der Waals surface area contributed by atoms with E-state index in [9.17, 15) is 9.59 Å². The van der Waals surface area contributed by atoms with Crippen LogP contribution in [0, 0.1) is 0 Å². The third-order valence-electron chi connectivity index (χ3n) is 5.76. The van der Waals surface area contributed by atoms with Crippen LogP contribution in [0.1, 0.15) is 31.9 Å². The van der Waals surface area contributed by atoms with Crippen molar-refractivity contribution in [1.82, 2.24) is 0 Å². The van der Waals surface area contributed by atoms with Crippen LogP contribution in [0.4, 0.5) is 11.4 Å². The van der Waals surface area contributed by atoms with Crippen LogP contribution in [0.25, 0.3) is 5.57 Å². The molecule has 4 rings (SSSR count). The fourth-order valence-corrected chi connectivity index (χ4v) is 3.87. The van der Waals surface area contributed by atoms with Crippen molar-refractivity contribution in [2.45, 2.75) is 26.2 Å². The van der Waals surface area contributed by atoms with Gasteiger partial charge in [-0.3, -0.25) is 9.59 Å². The average Bonchev–Trinajstić information content (AvgIpc) is 3.08. The summed E-state index contributed by atoms with van der Waals surface area (Å²) in [7, 11) is 3.04. The number of carbonyl (C=O) groups is 2. The van der Waals surface area contributed by atoms with Gasteiger partial charge in [0.25, 0.3) is 11.8 Å². The van der Waals surface area contributed by atoms with E-state index in [4.69, 9.17) is 9.47 Å². The van der Waals surface area contributed by atoms with E-state index in [0.29, 0.717) is 28.3 Å². The summed E-state index contributed by atoms with van der Waals surface area (Å²) in [5.41, 5.74) is 3.48. The molecule has 0 aliphatic carbocycles. The molecule has 6 nitrogen and oxygen atoms in total. The Balaban J connectivity index is 1.78. The van der Waals surface area contributed by atoms with Crippen LogP contribution in [-0.4, -0.2) is 26.0 Å². The Labute approximate surface area is 199 Å². The predicted octanol–water partition coefficient (Wildman–Crippen LogP) is 5.40. The molecule has 174 valence electrons. The van der Waals surface area contributed by atoms with Crippen molar-refractivity contribution >= 4 is 28.8 Å². The van der Waals surface area contributed by atoms with E-state index in [2.05, 4.69) is 26.1 Å². The van der Waals surface area contributed by atoms with Gasteiger partial charge in [-0.15, -0.1) is 0 Å². The van der Waals surface area contributed by atoms with Gasteiger partial charge in [0, 0.05) is 23.9 Å². The molecule has 0 atom stereocenters. The largest absolute Gasteiger partial charge is 0.497 e. The smallest absolute Gasteiger partial charge is 0.282 e. The monoisotopic (exact) mass is 456 g/mol. The van der Waals surface area contributed by atoms with E-state index in [-0.39, 0.29) is 11.1 Å². The maximum Gasteiger partial charge on any atom is 0.282 e. The van der Waals surface area contributed by atoms with Crippen molar-refractivity contribution < 1.29 is 19.1 Å². The highest BCUT2D eigenvalue weighted by molar-refractivity contribution is 6.46. The molecule has 3 aromatic carbocycles. The zero-order valence-corrected chi connectivity index (χ0v) is 20.0. The van der Waals surface area contributed by atoms with Gasteiger partial charge in [0.15, 0.2) is 0 Å². The first-order valence-corrected chi connectivity index (χ1v) is 11.0. The fraction of sp³-hybridized carbons (Fsp3) is 0.214. The highest BCUT2D eigenvalue weighted by Gasteiger charge is 2.40. The molecule has 0 fully saturated rings. The minimum atomic E-state index is -0.445. The summed E-state index contributed by atoms with van der Waals surface area (Å²) < 4.78 is 10.7. The minimum Gasteiger partial charge on any atom is -0.497 e. The van der Waals surface area contributed by atoms with Crippen LogP contribution in [0.3, 0.4) is 0 Å². The molecule has 6 heteroatoms. The van der Waals surface area contributed by atoms with Gasteiger partial charge in [0.1, 0.15) is 17.2 Å². The molecule has 1 aliphatic heterocycles. The minimum absolute atomic E-state index is 0.00829. The van der Waals surface area contributed by atoms with E-state index in [0.717, 1.165) is 10.6 Å². The molecule has 2 amide bonds. The molecule has 0 saturated carbocycles. The molecule has 34 heavy (non-hydrogen) atoms. The van der Waals surface area contributed by atoms with Gasteiger partial charge in [-0.25, -0.2) is 4.90 Å². The number of carbonyl (C=O) groups excluding carboxylic acids is 2. The first kappa shape index (κ1) is 23.1. The zero-order valence-electron chi connectivity index (χ0n) is 20.0. The summed E-state index contributed by atoms with van der Waals surface area (Å²) >= 11 is 0. The third kappa shape index (κ3) is 4.39. The number of anilines is 2.